The maximum absolute atomic E-state index is 12.8. The van der Waals surface area contributed by atoms with Crippen LogP contribution in [0.25, 0.3) is 0 Å². The maximum atomic E-state index is 12.8. The summed E-state index contributed by atoms with van der Waals surface area (Å²) in [4.78, 5) is 15.1. The van der Waals surface area contributed by atoms with Gasteiger partial charge in [-0.05, 0) is 86.4 Å². The molecule has 0 heterocycles. The third kappa shape index (κ3) is 5.47. The van der Waals surface area contributed by atoms with Gasteiger partial charge in [-0.2, -0.15) is 0 Å². The van der Waals surface area contributed by atoms with Crippen molar-refractivity contribution in [2.45, 2.75) is 51.2 Å². The molecule has 5 heteroatoms. The van der Waals surface area contributed by atoms with Gasteiger partial charge >= 0.3 is 0 Å². The molecule has 1 atom stereocenters. The summed E-state index contributed by atoms with van der Waals surface area (Å²) in [6.07, 6.45) is 7.90. The molecule has 1 amide bonds. The van der Waals surface area contributed by atoms with E-state index in [0.717, 1.165) is 29.9 Å². The van der Waals surface area contributed by atoms with E-state index in [1.54, 1.807) is 12.1 Å². The lowest BCUT2D eigenvalue weighted by Crippen LogP contribution is -2.51. The van der Waals surface area contributed by atoms with Gasteiger partial charge in [-0.3, -0.25) is 4.79 Å². The van der Waals surface area contributed by atoms with E-state index in [2.05, 4.69) is 17.3 Å². The molecule has 0 aromatic heterocycles. The van der Waals surface area contributed by atoms with Crippen LogP contribution >= 0.6 is 0 Å². The van der Waals surface area contributed by atoms with Crippen molar-refractivity contribution in [3.05, 3.63) is 65.7 Å². The molecule has 2 aromatic carbocycles. The first-order chi connectivity index (χ1) is 16.5. The Hall–Kier alpha value is -2.37. The van der Waals surface area contributed by atoms with Crippen LogP contribution in [0.5, 0.6) is 5.75 Å². The molecule has 182 valence electrons. The highest BCUT2D eigenvalue weighted by Crippen LogP contribution is 2.60. The number of likely N-dealkylation sites (N-methyl/N-ethyl adjacent to an activating group) is 1. The van der Waals surface area contributed by atoms with Gasteiger partial charge < -0.3 is 20.1 Å². The van der Waals surface area contributed by atoms with Crippen molar-refractivity contribution < 1.29 is 14.6 Å². The van der Waals surface area contributed by atoms with Gasteiger partial charge in [0.1, 0.15) is 18.5 Å². The summed E-state index contributed by atoms with van der Waals surface area (Å²) in [5.74, 6) is 3.16. The summed E-state index contributed by atoms with van der Waals surface area (Å²) in [7, 11) is 2.13. The minimum absolute atomic E-state index is 0.173. The summed E-state index contributed by atoms with van der Waals surface area (Å²) in [5, 5.41) is 13.7. The van der Waals surface area contributed by atoms with E-state index in [1.807, 2.05) is 42.5 Å². The fraction of sp³-hybridized carbons (Fsp3) is 0.552. The van der Waals surface area contributed by atoms with Crippen LogP contribution in [0.1, 0.15) is 54.4 Å². The number of para-hydroxylation sites is 1. The molecule has 4 saturated carbocycles. The monoisotopic (exact) mass is 462 g/mol. The highest BCUT2D eigenvalue weighted by atomic mass is 16.5. The zero-order valence-electron chi connectivity index (χ0n) is 20.3. The summed E-state index contributed by atoms with van der Waals surface area (Å²) >= 11 is 0. The number of carbonyl (C=O) groups is 1. The Morgan fingerprint density at radius 2 is 1.65 bits per heavy atom. The number of aliphatic hydroxyl groups is 1. The molecule has 6 rings (SSSR count). The van der Waals surface area contributed by atoms with Gasteiger partial charge in [0.2, 0.25) is 0 Å². The molecule has 1 unspecified atom stereocenters. The van der Waals surface area contributed by atoms with Gasteiger partial charge in [0.15, 0.2) is 0 Å². The molecule has 0 spiro atoms. The number of nitrogens with zero attached hydrogens (tertiary/aromatic N) is 1. The minimum atomic E-state index is -0.598. The Labute approximate surface area is 203 Å². The van der Waals surface area contributed by atoms with E-state index in [4.69, 9.17) is 4.74 Å². The van der Waals surface area contributed by atoms with Gasteiger partial charge in [0.25, 0.3) is 5.91 Å². The number of rotatable bonds is 10. The summed E-state index contributed by atoms with van der Waals surface area (Å²) in [6, 6.07) is 17.1. The van der Waals surface area contributed by atoms with Gasteiger partial charge in [-0.1, -0.05) is 42.5 Å². The van der Waals surface area contributed by atoms with Crippen LogP contribution in [0.4, 0.5) is 0 Å². The highest BCUT2D eigenvalue weighted by molar-refractivity contribution is 5.96. The molecular weight excluding hydrogens is 424 g/mol. The highest BCUT2D eigenvalue weighted by Gasteiger charge is 2.51. The molecule has 34 heavy (non-hydrogen) atoms. The van der Waals surface area contributed by atoms with E-state index in [-0.39, 0.29) is 12.5 Å². The number of benzene rings is 2. The molecule has 2 N–H and O–H groups in total. The van der Waals surface area contributed by atoms with Crippen molar-refractivity contribution in [3.8, 4) is 5.75 Å². The Morgan fingerprint density at radius 1 is 1.03 bits per heavy atom. The van der Waals surface area contributed by atoms with Crippen molar-refractivity contribution in [1.82, 2.24) is 10.2 Å². The lowest BCUT2D eigenvalue weighted by molar-refractivity contribution is -0.0702. The third-order valence-corrected chi connectivity index (χ3v) is 8.15. The van der Waals surface area contributed by atoms with Crippen LogP contribution in [0.15, 0.2) is 54.6 Å². The second-order valence-corrected chi connectivity index (χ2v) is 11.2. The van der Waals surface area contributed by atoms with Crippen LogP contribution in [-0.4, -0.2) is 48.8 Å². The topological polar surface area (TPSA) is 61.8 Å². The van der Waals surface area contributed by atoms with E-state index >= 15 is 0 Å². The molecule has 0 saturated heterocycles. The normalized spacial score (nSPS) is 28.1. The zero-order chi connectivity index (χ0) is 23.5. The number of carbonyl (C=O) groups excluding carboxylic acids is 1. The number of nitrogens with one attached hydrogen (secondary N) is 1. The van der Waals surface area contributed by atoms with Crippen LogP contribution in [0.2, 0.25) is 0 Å². The van der Waals surface area contributed by atoms with Crippen LogP contribution in [-0.2, 0) is 6.54 Å². The fourth-order valence-corrected chi connectivity index (χ4v) is 7.37. The lowest BCUT2D eigenvalue weighted by Gasteiger charge is -2.57. The molecular formula is C29H38N2O3. The summed E-state index contributed by atoms with van der Waals surface area (Å²) < 4.78 is 5.93. The average molecular weight is 463 g/mol. The van der Waals surface area contributed by atoms with E-state index < -0.39 is 6.10 Å². The molecule has 4 bridgehead atoms. The summed E-state index contributed by atoms with van der Waals surface area (Å²) in [6.45, 7) is 2.30. The Balaban J connectivity index is 1.11. The van der Waals surface area contributed by atoms with E-state index in [1.165, 1.54) is 38.5 Å². The lowest BCUT2D eigenvalue weighted by atomic mass is 9.49. The van der Waals surface area contributed by atoms with Crippen molar-refractivity contribution >= 4 is 5.91 Å². The van der Waals surface area contributed by atoms with Crippen LogP contribution < -0.4 is 10.1 Å². The van der Waals surface area contributed by atoms with Crippen molar-refractivity contribution in [1.29, 1.82) is 0 Å². The fourth-order valence-electron chi connectivity index (χ4n) is 7.37. The second-order valence-electron chi connectivity index (χ2n) is 11.2. The molecule has 2 aromatic rings. The smallest absolute Gasteiger partial charge is 0.255 e. The first-order valence-corrected chi connectivity index (χ1v) is 12.9. The van der Waals surface area contributed by atoms with Gasteiger partial charge in [-0.15, -0.1) is 0 Å². The SMILES string of the molecule is CN(CC(O)COc1ccccc1C(=O)NCc1ccccc1)CC12CC3CC(CC(C3)C1)C2. The Morgan fingerprint density at radius 3 is 2.32 bits per heavy atom. The van der Waals surface area contributed by atoms with Crippen molar-refractivity contribution in [3.63, 3.8) is 0 Å². The first-order valence-electron chi connectivity index (χ1n) is 12.9. The van der Waals surface area contributed by atoms with Crippen LogP contribution in [0, 0.1) is 23.2 Å². The standard InChI is InChI=1S/C29H38N2O3/c1-31(20-29-14-22-11-23(15-29)13-24(12-22)16-29)18-25(32)19-34-27-10-6-5-9-26(27)28(33)30-17-21-7-3-2-4-8-21/h2-10,22-25,32H,11-20H2,1H3,(H,30,33). The Kier molecular flexibility index (Phi) is 6.94. The zero-order valence-corrected chi connectivity index (χ0v) is 20.3. The molecule has 4 aliphatic rings. The van der Waals surface area contributed by atoms with Gasteiger partial charge in [0, 0.05) is 19.6 Å². The quantitative estimate of drug-likeness (QED) is 0.546. The first kappa shape index (κ1) is 23.4. The molecule has 0 aliphatic heterocycles. The van der Waals surface area contributed by atoms with Gasteiger partial charge in [-0.25, -0.2) is 0 Å². The van der Waals surface area contributed by atoms with E-state index in [9.17, 15) is 9.90 Å². The van der Waals surface area contributed by atoms with Crippen LogP contribution in [0.3, 0.4) is 0 Å². The second kappa shape index (κ2) is 10.1. The number of ether oxygens (including phenoxy) is 1. The van der Waals surface area contributed by atoms with Crippen molar-refractivity contribution in [2.75, 3.05) is 26.7 Å². The largest absolute Gasteiger partial charge is 0.490 e. The number of hydrogen-bond acceptors (Lipinski definition) is 4. The van der Waals surface area contributed by atoms with Crippen molar-refractivity contribution in [2.24, 2.45) is 23.2 Å². The molecule has 4 aliphatic carbocycles. The molecule has 5 nitrogen and oxygen atoms in total. The predicted octanol–water partition coefficient (Wildman–Crippen LogP) is 4.50. The summed E-state index contributed by atoms with van der Waals surface area (Å²) in [5.41, 5.74) is 2.01. The number of hydrogen-bond donors (Lipinski definition) is 2. The average Bonchev–Trinajstić information content (AvgIpc) is 2.81. The molecule has 0 radical (unpaired) electrons. The number of amides is 1. The maximum Gasteiger partial charge on any atom is 0.255 e. The molecule has 4 fully saturated rings. The third-order valence-electron chi connectivity index (χ3n) is 8.15. The minimum Gasteiger partial charge on any atom is -0.490 e. The van der Waals surface area contributed by atoms with Gasteiger partial charge in [0.05, 0.1) is 5.56 Å². The van der Waals surface area contributed by atoms with E-state index in [0.29, 0.717) is 29.8 Å². The Bertz CT molecular complexity index is 941. The predicted molar refractivity (Wildman–Crippen MR) is 134 cm³/mol. The number of aliphatic hydroxyl groups excluding tert-OH is 1.